The number of hydrogen-bond acceptors (Lipinski definition) is 3. The highest BCUT2D eigenvalue weighted by Crippen LogP contribution is 2.28. The summed E-state index contributed by atoms with van der Waals surface area (Å²) in [5, 5.41) is 0.334. The van der Waals surface area contributed by atoms with E-state index in [-0.39, 0.29) is 27.7 Å². The van der Waals surface area contributed by atoms with E-state index >= 15 is 0 Å². The Morgan fingerprint density at radius 1 is 1.24 bits per heavy atom. The van der Waals surface area contributed by atoms with Crippen molar-refractivity contribution in [2.75, 3.05) is 0 Å². The van der Waals surface area contributed by atoms with E-state index in [2.05, 4.69) is 15.8 Å². The standard InChI is InChI=1S/C10H9Cl2N3O2/c11-6-3-4-7(12)13-8(6)10(17)15-14-9(16)5-1-2-5/h3-5H,1-2H2,(H,14,16)(H,15,17). The molecule has 1 aliphatic rings. The topological polar surface area (TPSA) is 71.1 Å². The van der Waals surface area contributed by atoms with Crippen LogP contribution in [0.25, 0.3) is 0 Å². The van der Waals surface area contributed by atoms with E-state index in [4.69, 9.17) is 23.2 Å². The van der Waals surface area contributed by atoms with Crippen molar-refractivity contribution < 1.29 is 9.59 Å². The zero-order valence-corrected chi connectivity index (χ0v) is 10.2. The van der Waals surface area contributed by atoms with Crippen molar-refractivity contribution in [2.24, 2.45) is 5.92 Å². The smallest absolute Gasteiger partial charge is 0.273 e. The van der Waals surface area contributed by atoms with Crippen molar-refractivity contribution in [3.8, 4) is 0 Å². The average Bonchev–Trinajstić information content (AvgIpc) is 3.12. The van der Waals surface area contributed by atoms with Crippen LogP contribution in [0.1, 0.15) is 23.3 Å². The van der Waals surface area contributed by atoms with Crippen LogP contribution < -0.4 is 10.9 Å². The Hall–Kier alpha value is -1.33. The van der Waals surface area contributed by atoms with Gasteiger partial charge in [-0.3, -0.25) is 20.4 Å². The lowest BCUT2D eigenvalue weighted by Crippen LogP contribution is -2.42. The third kappa shape index (κ3) is 3.08. The summed E-state index contributed by atoms with van der Waals surface area (Å²) in [7, 11) is 0. The monoisotopic (exact) mass is 273 g/mol. The number of hydrazine groups is 1. The van der Waals surface area contributed by atoms with Crippen molar-refractivity contribution in [3.63, 3.8) is 0 Å². The van der Waals surface area contributed by atoms with Crippen LogP contribution in [-0.2, 0) is 4.79 Å². The molecule has 1 aromatic heterocycles. The molecule has 0 unspecified atom stereocenters. The molecule has 0 aromatic carbocycles. The number of rotatable bonds is 2. The van der Waals surface area contributed by atoms with E-state index in [9.17, 15) is 9.59 Å². The van der Waals surface area contributed by atoms with E-state index in [0.717, 1.165) is 12.8 Å². The molecule has 2 amide bonds. The van der Waals surface area contributed by atoms with Crippen molar-refractivity contribution in [1.29, 1.82) is 0 Å². The molecule has 0 radical (unpaired) electrons. The quantitative estimate of drug-likeness (QED) is 0.635. The highest BCUT2D eigenvalue weighted by Gasteiger charge is 2.30. The normalized spacial score (nSPS) is 14.2. The van der Waals surface area contributed by atoms with Crippen LogP contribution in [-0.4, -0.2) is 16.8 Å². The van der Waals surface area contributed by atoms with E-state index in [0.29, 0.717) is 0 Å². The fourth-order valence-electron chi connectivity index (χ4n) is 1.20. The first-order chi connectivity index (χ1) is 8.08. The summed E-state index contributed by atoms with van der Waals surface area (Å²) in [6.45, 7) is 0. The fraction of sp³-hybridized carbons (Fsp3) is 0.300. The molecule has 0 aliphatic heterocycles. The molecule has 0 saturated heterocycles. The van der Waals surface area contributed by atoms with E-state index in [1.54, 1.807) is 0 Å². The van der Waals surface area contributed by atoms with Crippen molar-refractivity contribution in [1.82, 2.24) is 15.8 Å². The molecule has 0 spiro atoms. The summed E-state index contributed by atoms with van der Waals surface area (Å²) >= 11 is 11.4. The number of halogens is 2. The minimum absolute atomic E-state index is 0.0121. The van der Waals surface area contributed by atoms with Crippen LogP contribution in [0.3, 0.4) is 0 Å². The summed E-state index contributed by atoms with van der Waals surface area (Å²) in [6.07, 6.45) is 1.72. The lowest BCUT2D eigenvalue weighted by atomic mass is 10.3. The van der Waals surface area contributed by atoms with Crippen LogP contribution in [0, 0.1) is 5.92 Å². The molecule has 0 atom stereocenters. The number of nitrogens with one attached hydrogen (secondary N) is 2. The van der Waals surface area contributed by atoms with Gasteiger partial charge in [0.05, 0.1) is 5.02 Å². The maximum Gasteiger partial charge on any atom is 0.289 e. The number of amides is 2. The van der Waals surface area contributed by atoms with Gasteiger partial charge in [0.25, 0.3) is 5.91 Å². The number of hydrogen-bond donors (Lipinski definition) is 2. The first kappa shape index (κ1) is 12.1. The van der Waals surface area contributed by atoms with Gasteiger partial charge in [-0.05, 0) is 25.0 Å². The Balaban J connectivity index is 1.98. The Labute approximate surface area is 107 Å². The molecule has 2 N–H and O–H groups in total. The molecular formula is C10H9Cl2N3O2. The maximum absolute atomic E-state index is 11.6. The third-order valence-corrected chi connectivity index (χ3v) is 2.79. The number of pyridine rings is 1. The molecule has 2 rings (SSSR count). The van der Waals surface area contributed by atoms with Crippen molar-refractivity contribution in [2.45, 2.75) is 12.8 Å². The van der Waals surface area contributed by atoms with Gasteiger partial charge in [-0.1, -0.05) is 23.2 Å². The summed E-state index contributed by atoms with van der Waals surface area (Å²) in [4.78, 5) is 26.7. The number of nitrogens with zero attached hydrogens (tertiary/aromatic N) is 1. The second-order valence-corrected chi connectivity index (χ2v) is 4.48. The molecule has 1 aromatic rings. The largest absolute Gasteiger partial charge is 0.289 e. The molecule has 1 aliphatic carbocycles. The van der Waals surface area contributed by atoms with Gasteiger partial charge in [0.2, 0.25) is 5.91 Å². The zero-order chi connectivity index (χ0) is 12.4. The van der Waals surface area contributed by atoms with Gasteiger partial charge in [0, 0.05) is 5.92 Å². The minimum atomic E-state index is -0.591. The van der Waals surface area contributed by atoms with Gasteiger partial charge in [0.1, 0.15) is 10.8 Å². The van der Waals surface area contributed by atoms with Crippen LogP contribution in [0.4, 0.5) is 0 Å². The molecule has 5 nitrogen and oxygen atoms in total. The Bertz CT molecular complexity index is 475. The first-order valence-corrected chi connectivity index (χ1v) is 5.76. The minimum Gasteiger partial charge on any atom is -0.273 e. The van der Waals surface area contributed by atoms with E-state index in [1.807, 2.05) is 0 Å². The molecular weight excluding hydrogens is 265 g/mol. The van der Waals surface area contributed by atoms with Gasteiger partial charge in [-0.25, -0.2) is 4.98 Å². The molecule has 90 valence electrons. The second kappa shape index (κ2) is 4.89. The van der Waals surface area contributed by atoms with Crippen LogP contribution >= 0.6 is 23.2 Å². The van der Waals surface area contributed by atoms with Crippen LogP contribution in [0.5, 0.6) is 0 Å². The Morgan fingerprint density at radius 2 is 1.94 bits per heavy atom. The predicted molar refractivity (Wildman–Crippen MR) is 62.6 cm³/mol. The lowest BCUT2D eigenvalue weighted by molar-refractivity contribution is -0.123. The highest BCUT2D eigenvalue weighted by atomic mass is 35.5. The summed E-state index contributed by atoms with van der Waals surface area (Å²) in [5.41, 5.74) is 4.54. The molecule has 7 heteroatoms. The number of carbonyl (C=O) groups is 2. The van der Waals surface area contributed by atoms with Gasteiger partial charge < -0.3 is 0 Å². The average molecular weight is 274 g/mol. The van der Waals surface area contributed by atoms with E-state index in [1.165, 1.54) is 12.1 Å². The number of aromatic nitrogens is 1. The second-order valence-electron chi connectivity index (χ2n) is 3.68. The first-order valence-electron chi connectivity index (χ1n) is 5.00. The van der Waals surface area contributed by atoms with Crippen LogP contribution in [0.15, 0.2) is 12.1 Å². The SMILES string of the molecule is O=C(NNC(=O)C1CC1)c1nc(Cl)ccc1Cl. The summed E-state index contributed by atoms with van der Waals surface area (Å²) in [6, 6.07) is 2.94. The van der Waals surface area contributed by atoms with E-state index < -0.39 is 5.91 Å². The molecule has 0 bridgehead atoms. The maximum atomic E-state index is 11.6. The van der Waals surface area contributed by atoms with Gasteiger partial charge in [-0.15, -0.1) is 0 Å². The predicted octanol–water partition coefficient (Wildman–Crippen LogP) is 1.56. The molecule has 1 saturated carbocycles. The van der Waals surface area contributed by atoms with Crippen molar-refractivity contribution in [3.05, 3.63) is 28.0 Å². The Morgan fingerprint density at radius 3 is 2.59 bits per heavy atom. The summed E-state index contributed by atoms with van der Waals surface area (Å²) < 4.78 is 0. The fourth-order valence-corrected chi connectivity index (χ4v) is 1.54. The summed E-state index contributed by atoms with van der Waals surface area (Å²) in [5.74, 6) is -0.777. The highest BCUT2D eigenvalue weighted by molar-refractivity contribution is 6.34. The van der Waals surface area contributed by atoms with Crippen molar-refractivity contribution >= 4 is 35.0 Å². The number of carbonyl (C=O) groups excluding carboxylic acids is 2. The van der Waals surface area contributed by atoms with Gasteiger partial charge in [-0.2, -0.15) is 0 Å². The zero-order valence-electron chi connectivity index (χ0n) is 8.67. The molecule has 1 fully saturated rings. The molecule has 1 heterocycles. The van der Waals surface area contributed by atoms with Crippen LogP contribution in [0.2, 0.25) is 10.2 Å². The lowest BCUT2D eigenvalue weighted by Gasteiger charge is -2.07. The third-order valence-electron chi connectivity index (χ3n) is 2.27. The Kier molecular flexibility index (Phi) is 3.49. The molecule has 17 heavy (non-hydrogen) atoms. The van der Waals surface area contributed by atoms with Gasteiger partial charge >= 0.3 is 0 Å². The van der Waals surface area contributed by atoms with Gasteiger partial charge in [0.15, 0.2) is 0 Å².